The molecular weight excluding hydrogens is 416 g/mol. The van der Waals surface area contributed by atoms with Gasteiger partial charge in [-0.05, 0) is 49.9 Å². The average molecular weight is 437 g/mol. The fourth-order valence-corrected chi connectivity index (χ4v) is 3.46. The molecule has 0 aliphatic heterocycles. The van der Waals surface area contributed by atoms with Crippen LogP contribution in [0.15, 0.2) is 43.0 Å². The first kappa shape index (κ1) is 21.5. The van der Waals surface area contributed by atoms with Crippen LogP contribution in [0, 0.1) is 17.2 Å². The van der Waals surface area contributed by atoms with Crippen LogP contribution in [0.2, 0.25) is 0 Å². The van der Waals surface area contributed by atoms with Crippen molar-refractivity contribution in [3.05, 3.63) is 65.5 Å². The number of aromatic nitrogens is 5. The molecule has 32 heavy (non-hydrogen) atoms. The van der Waals surface area contributed by atoms with E-state index in [1.807, 2.05) is 6.07 Å². The van der Waals surface area contributed by atoms with E-state index in [0.717, 1.165) is 31.9 Å². The largest absolute Gasteiger partial charge is 0.328 e. The van der Waals surface area contributed by atoms with Crippen molar-refractivity contribution in [1.82, 2.24) is 29.6 Å². The zero-order chi connectivity index (χ0) is 22.9. The Morgan fingerprint density at radius 3 is 2.62 bits per heavy atom. The Labute approximate surface area is 183 Å². The van der Waals surface area contributed by atoms with Crippen LogP contribution in [-0.2, 0) is 5.92 Å². The van der Waals surface area contributed by atoms with Crippen LogP contribution in [-0.4, -0.2) is 42.1 Å². The lowest BCUT2D eigenvalue weighted by atomic mass is 10.0. The summed E-state index contributed by atoms with van der Waals surface area (Å²) in [5.41, 5.74) is -0.331. The second kappa shape index (κ2) is 8.42. The van der Waals surface area contributed by atoms with Crippen molar-refractivity contribution in [1.29, 1.82) is 5.26 Å². The summed E-state index contributed by atoms with van der Waals surface area (Å²) in [6.45, 7) is 2.98. The second-order valence-corrected chi connectivity index (χ2v) is 7.95. The molecule has 2 heterocycles. The van der Waals surface area contributed by atoms with Crippen LogP contribution >= 0.6 is 0 Å². The normalized spacial score (nSPS) is 14.6. The van der Waals surface area contributed by atoms with Crippen LogP contribution in [0.1, 0.15) is 60.0 Å². The molecule has 0 N–H and O–H groups in total. The number of carbonyl (C=O) groups excluding carboxylic acids is 1. The minimum Gasteiger partial charge on any atom is -0.328 e. The zero-order valence-electron chi connectivity index (χ0n) is 17.6. The van der Waals surface area contributed by atoms with Gasteiger partial charge in [-0.15, -0.1) is 0 Å². The fourth-order valence-electron chi connectivity index (χ4n) is 3.46. The molecule has 0 radical (unpaired) electrons. The Hall–Kier alpha value is -3.74. The van der Waals surface area contributed by atoms with Crippen molar-refractivity contribution in [3.8, 4) is 12.0 Å². The molecule has 10 heteroatoms. The van der Waals surface area contributed by atoms with E-state index in [0.29, 0.717) is 24.2 Å². The maximum Gasteiger partial charge on any atom is 0.270 e. The molecule has 1 fully saturated rings. The Morgan fingerprint density at radius 2 is 2.00 bits per heavy atom. The summed E-state index contributed by atoms with van der Waals surface area (Å²) < 4.78 is 29.4. The Balaban J connectivity index is 1.72. The van der Waals surface area contributed by atoms with Gasteiger partial charge < -0.3 is 4.90 Å². The second-order valence-electron chi connectivity index (χ2n) is 7.95. The van der Waals surface area contributed by atoms with E-state index >= 15 is 0 Å². The number of hydrogen-bond acceptors (Lipinski definition) is 6. The van der Waals surface area contributed by atoms with Gasteiger partial charge in [-0.2, -0.15) is 15.0 Å². The summed E-state index contributed by atoms with van der Waals surface area (Å²) in [5, 5.41) is 13.5. The molecule has 4 rings (SSSR count). The Morgan fingerprint density at radius 1 is 1.28 bits per heavy atom. The topological polar surface area (TPSA) is 101 Å². The molecule has 1 atom stereocenters. The van der Waals surface area contributed by atoms with Crippen molar-refractivity contribution >= 4 is 5.91 Å². The molecule has 1 amide bonds. The first-order valence-electron chi connectivity index (χ1n) is 10.2. The molecule has 0 spiro atoms. The summed E-state index contributed by atoms with van der Waals surface area (Å²) in [7, 11) is 0. The molecular formula is C22H21F2N7O. The van der Waals surface area contributed by atoms with Gasteiger partial charge in [0, 0.05) is 37.0 Å². The van der Waals surface area contributed by atoms with Gasteiger partial charge in [-0.1, -0.05) is 0 Å². The zero-order valence-corrected chi connectivity index (χ0v) is 17.6. The molecule has 0 bridgehead atoms. The highest BCUT2D eigenvalue weighted by Crippen LogP contribution is 2.34. The molecule has 0 saturated heterocycles. The minimum atomic E-state index is -3.18. The van der Waals surface area contributed by atoms with Crippen LogP contribution < -0.4 is 0 Å². The van der Waals surface area contributed by atoms with Gasteiger partial charge in [0.15, 0.2) is 5.82 Å². The summed E-state index contributed by atoms with van der Waals surface area (Å²) in [4.78, 5) is 27.8. The number of benzene rings is 1. The van der Waals surface area contributed by atoms with E-state index in [1.54, 1.807) is 30.3 Å². The Bertz CT molecular complexity index is 1160. The number of halogens is 2. The number of amides is 1. The van der Waals surface area contributed by atoms with Crippen LogP contribution in [0.25, 0.3) is 5.95 Å². The van der Waals surface area contributed by atoms with Gasteiger partial charge >= 0.3 is 0 Å². The van der Waals surface area contributed by atoms with Gasteiger partial charge in [0.25, 0.3) is 17.8 Å². The highest BCUT2D eigenvalue weighted by atomic mass is 19.3. The minimum absolute atomic E-state index is 0.00672. The molecule has 2 aromatic heterocycles. The summed E-state index contributed by atoms with van der Waals surface area (Å²) in [6.07, 6.45) is 6.48. The maximum atomic E-state index is 14.0. The first-order chi connectivity index (χ1) is 15.3. The number of nitrogens with zero attached hydrogens (tertiary/aromatic N) is 7. The lowest BCUT2D eigenvalue weighted by Gasteiger charge is -2.29. The molecule has 1 unspecified atom stereocenters. The SMILES string of the molecule is CC(c1ncnn1-c1ncccn1)N(CC1CC1)C(=O)c1cc(C#N)cc(C(C)(F)F)c1. The van der Waals surface area contributed by atoms with E-state index < -0.39 is 17.9 Å². The Kier molecular flexibility index (Phi) is 5.65. The number of hydrogen-bond donors (Lipinski definition) is 0. The van der Waals surface area contributed by atoms with Gasteiger partial charge in [0.1, 0.15) is 6.33 Å². The fraction of sp³-hybridized carbons (Fsp3) is 0.364. The lowest BCUT2D eigenvalue weighted by molar-refractivity contribution is 0.0173. The lowest BCUT2D eigenvalue weighted by Crippen LogP contribution is -2.37. The van der Waals surface area contributed by atoms with E-state index in [4.69, 9.17) is 0 Å². The molecule has 164 valence electrons. The molecule has 1 aliphatic carbocycles. The third-order valence-electron chi connectivity index (χ3n) is 5.39. The first-order valence-corrected chi connectivity index (χ1v) is 10.2. The summed E-state index contributed by atoms with van der Waals surface area (Å²) in [5.74, 6) is -2.54. The predicted octanol–water partition coefficient (Wildman–Crippen LogP) is 3.65. The van der Waals surface area contributed by atoms with Crippen molar-refractivity contribution in [2.24, 2.45) is 5.92 Å². The summed E-state index contributed by atoms with van der Waals surface area (Å²) in [6, 6.07) is 6.61. The average Bonchev–Trinajstić information content (AvgIpc) is 3.48. The summed E-state index contributed by atoms with van der Waals surface area (Å²) >= 11 is 0. The van der Waals surface area contributed by atoms with Crippen molar-refractivity contribution in [2.75, 3.05) is 6.54 Å². The molecule has 8 nitrogen and oxygen atoms in total. The van der Waals surface area contributed by atoms with E-state index in [2.05, 4.69) is 20.1 Å². The van der Waals surface area contributed by atoms with Crippen molar-refractivity contribution < 1.29 is 13.6 Å². The third-order valence-corrected chi connectivity index (χ3v) is 5.39. The maximum absolute atomic E-state index is 14.0. The van der Waals surface area contributed by atoms with E-state index in [-0.39, 0.29) is 16.7 Å². The third kappa shape index (κ3) is 4.46. The van der Waals surface area contributed by atoms with Crippen molar-refractivity contribution in [3.63, 3.8) is 0 Å². The van der Waals surface area contributed by atoms with Gasteiger partial charge in [-0.25, -0.2) is 23.7 Å². The van der Waals surface area contributed by atoms with Crippen LogP contribution in [0.5, 0.6) is 0 Å². The monoisotopic (exact) mass is 437 g/mol. The number of carbonyl (C=O) groups is 1. The smallest absolute Gasteiger partial charge is 0.270 e. The standard InChI is InChI=1S/C22H21F2N7O/c1-14(19-28-13-29-31(19)21-26-6-3-7-27-21)30(12-15-4-5-15)20(32)17-8-16(11-25)9-18(10-17)22(2,23)24/h3,6-10,13-15H,4-5,12H2,1-2H3. The predicted molar refractivity (Wildman–Crippen MR) is 110 cm³/mol. The highest BCUT2D eigenvalue weighted by molar-refractivity contribution is 5.95. The van der Waals surface area contributed by atoms with Gasteiger partial charge in [-0.3, -0.25) is 4.79 Å². The molecule has 1 aliphatic rings. The highest BCUT2D eigenvalue weighted by Gasteiger charge is 2.34. The quantitative estimate of drug-likeness (QED) is 0.559. The van der Waals surface area contributed by atoms with Crippen LogP contribution in [0.3, 0.4) is 0 Å². The molecule has 1 aromatic carbocycles. The molecule has 3 aromatic rings. The number of alkyl halides is 2. The molecule has 1 saturated carbocycles. The van der Waals surface area contributed by atoms with E-state index in [1.165, 1.54) is 17.1 Å². The number of rotatable bonds is 7. The number of nitriles is 1. The van der Waals surface area contributed by atoms with E-state index in [9.17, 15) is 18.8 Å². The van der Waals surface area contributed by atoms with Crippen LogP contribution in [0.4, 0.5) is 8.78 Å². The van der Waals surface area contributed by atoms with Crippen molar-refractivity contribution in [2.45, 2.75) is 38.7 Å². The van der Waals surface area contributed by atoms with Gasteiger partial charge in [0.05, 0.1) is 17.7 Å². The van der Waals surface area contributed by atoms with Gasteiger partial charge in [0.2, 0.25) is 0 Å².